The first-order chi connectivity index (χ1) is 10.6. The van der Waals surface area contributed by atoms with Gasteiger partial charge in [0, 0.05) is 15.5 Å². The van der Waals surface area contributed by atoms with Gasteiger partial charge in [-0.15, -0.1) is 23.5 Å². The lowest BCUT2D eigenvalue weighted by molar-refractivity contribution is -0.160. The number of allylic oxidation sites excluding steroid dienone is 1. The van der Waals surface area contributed by atoms with Crippen molar-refractivity contribution in [1.82, 2.24) is 10.2 Å². The Labute approximate surface area is 148 Å². The van der Waals surface area contributed by atoms with Crippen LogP contribution >= 0.6 is 35.1 Å². The van der Waals surface area contributed by atoms with Gasteiger partial charge in [-0.2, -0.15) is 0 Å². The van der Waals surface area contributed by atoms with Crippen molar-refractivity contribution in [3.63, 3.8) is 0 Å². The van der Waals surface area contributed by atoms with E-state index in [0.29, 0.717) is 10.8 Å². The molecule has 6 nitrogen and oxygen atoms in total. The quantitative estimate of drug-likeness (QED) is 0.538. The Morgan fingerprint density at radius 1 is 1.52 bits per heavy atom. The van der Waals surface area contributed by atoms with Gasteiger partial charge in [0.2, 0.25) is 11.8 Å². The second-order valence-corrected chi connectivity index (χ2v) is 9.35. The molecule has 0 aliphatic carbocycles. The van der Waals surface area contributed by atoms with Gasteiger partial charge in [-0.25, -0.2) is 4.79 Å². The van der Waals surface area contributed by atoms with Gasteiger partial charge in [0.15, 0.2) is 0 Å². The molecule has 2 fully saturated rings. The van der Waals surface area contributed by atoms with E-state index in [-0.39, 0.29) is 22.9 Å². The monoisotopic (exact) mass is 378 g/mol. The average molecular weight is 379 g/mol. The van der Waals surface area contributed by atoms with Crippen molar-refractivity contribution in [2.24, 2.45) is 0 Å². The second-order valence-electron chi connectivity index (χ2n) is 5.95. The summed E-state index contributed by atoms with van der Waals surface area (Å²) in [6.07, 6.45) is 1.81. The molecule has 0 spiro atoms. The van der Waals surface area contributed by atoms with Crippen LogP contribution in [0.1, 0.15) is 20.8 Å². The van der Waals surface area contributed by atoms with E-state index >= 15 is 0 Å². The number of thioether (sulfide) groups is 2. The number of fused-ring (bicyclic) bond motifs is 1. The molecule has 0 aromatic carbocycles. The highest BCUT2D eigenvalue weighted by molar-refractivity contribution is 8.01. The van der Waals surface area contributed by atoms with Gasteiger partial charge in [-0.1, -0.05) is 17.7 Å². The Balaban J connectivity index is 1.90. The predicted molar refractivity (Wildman–Crippen MR) is 92.6 cm³/mol. The Bertz CT molecular complexity index is 563. The zero-order valence-corrected chi connectivity index (χ0v) is 15.4. The number of aliphatic carboxylic acids is 1. The summed E-state index contributed by atoms with van der Waals surface area (Å²) in [4.78, 5) is 36.9. The smallest absolute Gasteiger partial charge is 0.327 e. The average Bonchev–Trinajstić information content (AvgIpc) is 2.69. The van der Waals surface area contributed by atoms with Crippen LogP contribution in [0, 0.1) is 0 Å². The Hall–Kier alpha value is -0.860. The fourth-order valence-corrected chi connectivity index (χ4v) is 5.23. The van der Waals surface area contributed by atoms with E-state index in [4.69, 9.17) is 11.6 Å². The molecule has 23 heavy (non-hydrogen) atoms. The number of nitrogens with zero attached hydrogens (tertiary/aromatic N) is 1. The maximum absolute atomic E-state index is 12.2. The minimum atomic E-state index is -1.01. The molecule has 3 atom stereocenters. The zero-order valence-electron chi connectivity index (χ0n) is 13.0. The number of amides is 2. The lowest BCUT2D eigenvalue weighted by Crippen LogP contribution is -2.70. The number of carboxylic acids is 1. The number of carboxylic acid groups (broad SMARTS) is 1. The van der Waals surface area contributed by atoms with Gasteiger partial charge in [-0.05, 0) is 20.8 Å². The number of nitrogens with one attached hydrogen (secondary N) is 1. The van der Waals surface area contributed by atoms with Crippen molar-refractivity contribution in [1.29, 1.82) is 0 Å². The number of carbonyl (C=O) groups is 3. The summed E-state index contributed by atoms with van der Waals surface area (Å²) in [5, 5.41) is 12.4. The molecular formula is C14H19ClN2O4S2. The molecule has 2 aliphatic rings. The first-order valence-electron chi connectivity index (χ1n) is 7.07. The summed E-state index contributed by atoms with van der Waals surface area (Å²) in [5.41, 5.74) is 0. The fraction of sp³-hybridized carbons (Fsp3) is 0.643. The van der Waals surface area contributed by atoms with Crippen LogP contribution in [0.3, 0.4) is 0 Å². The maximum Gasteiger partial charge on any atom is 0.327 e. The molecule has 0 saturated carbocycles. The van der Waals surface area contributed by atoms with E-state index in [2.05, 4.69) is 5.32 Å². The highest BCUT2D eigenvalue weighted by atomic mass is 35.5. The van der Waals surface area contributed by atoms with Gasteiger partial charge >= 0.3 is 5.97 Å². The van der Waals surface area contributed by atoms with Gasteiger partial charge in [0.25, 0.3) is 0 Å². The Morgan fingerprint density at radius 3 is 2.74 bits per heavy atom. The number of halogens is 1. The molecule has 0 bridgehead atoms. The van der Waals surface area contributed by atoms with Crippen LogP contribution in [0.25, 0.3) is 0 Å². The van der Waals surface area contributed by atoms with Crippen LogP contribution in [0.4, 0.5) is 0 Å². The van der Waals surface area contributed by atoms with Crippen molar-refractivity contribution >= 4 is 52.9 Å². The van der Waals surface area contributed by atoms with Crippen LogP contribution in [0.5, 0.6) is 0 Å². The van der Waals surface area contributed by atoms with E-state index in [1.807, 2.05) is 6.08 Å². The molecule has 2 amide bonds. The molecular weight excluding hydrogens is 360 g/mol. The van der Waals surface area contributed by atoms with Gasteiger partial charge in [0.05, 0.1) is 5.75 Å². The Morgan fingerprint density at radius 2 is 2.17 bits per heavy atom. The molecule has 2 heterocycles. The summed E-state index contributed by atoms with van der Waals surface area (Å²) in [6, 6.07) is -1.49. The molecule has 2 N–H and O–H groups in total. The lowest BCUT2D eigenvalue weighted by Gasteiger charge is -2.43. The number of hydrogen-bond acceptors (Lipinski definition) is 5. The van der Waals surface area contributed by atoms with Crippen molar-refractivity contribution in [2.45, 2.75) is 43.0 Å². The van der Waals surface area contributed by atoms with Crippen LogP contribution in [-0.2, 0) is 14.4 Å². The molecule has 0 aromatic rings. The van der Waals surface area contributed by atoms with Gasteiger partial charge < -0.3 is 15.3 Å². The number of β-lactam (4-membered cyclic amide) rings is 1. The normalized spacial score (nSPS) is 29.0. The SMILES string of the molecule is CC(Cl)=CCSCC(=O)N[C@@H]1C(=O)N2[C@@H]1SC(C)(C)[C@@H]2C(=O)O. The molecule has 0 unspecified atom stereocenters. The van der Waals surface area contributed by atoms with Crippen molar-refractivity contribution in [3.05, 3.63) is 11.1 Å². The van der Waals surface area contributed by atoms with E-state index in [9.17, 15) is 19.5 Å². The standard InChI is InChI=1S/C14H19ClN2O4S2/c1-7(15)4-5-22-6-8(18)16-9-11(19)17-10(13(20)21)14(2,3)23-12(9)17/h4,9-10,12H,5-6H2,1-3H3,(H,16,18)(H,20,21)/t9-,10+,12-/m1/s1. The van der Waals surface area contributed by atoms with Crippen LogP contribution in [0.15, 0.2) is 11.1 Å². The molecule has 128 valence electrons. The first kappa shape index (κ1) is 18.5. The third-order valence-electron chi connectivity index (χ3n) is 3.71. The fourth-order valence-electron chi connectivity index (χ4n) is 2.69. The van der Waals surface area contributed by atoms with Crippen molar-refractivity contribution < 1.29 is 19.5 Å². The minimum absolute atomic E-state index is 0.230. The second kappa shape index (κ2) is 6.94. The summed E-state index contributed by atoms with van der Waals surface area (Å²) in [7, 11) is 0. The first-order valence-corrected chi connectivity index (χ1v) is 9.48. The number of hydrogen-bond donors (Lipinski definition) is 2. The van der Waals surface area contributed by atoms with Crippen molar-refractivity contribution in [2.75, 3.05) is 11.5 Å². The van der Waals surface area contributed by atoms with E-state index in [0.717, 1.165) is 0 Å². The highest BCUT2D eigenvalue weighted by Gasteiger charge is 2.64. The summed E-state index contributed by atoms with van der Waals surface area (Å²) in [6.45, 7) is 5.37. The third kappa shape index (κ3) is 3.80. The van der Waals surface area contributed by atoms with Crippen LogP contribution < -0.4 is 5.32 Å². The molecule has 0 radical (unpaired) electrons. The number of rotatable bonds is 6. The summed E-state index contributed by atoms with van der Waals surface area (Å²) >= 11 is 8.52. The molecule has 0 aromatic heterocycles. The topological polar surface area (TPSA) is 86.7 Å². The zero-order chi connectivity index (χ0) is 17.4. The minimum Gasteiger partial charge on any atom is -0.480 e. The van der Waals surface area contributed by atoms with E-state index in [1.165, 1.54) is 28.4 Å². The highest BCUT2D eigenvalue weighted by Crippen LogP contribution is 2.50. The van der Waals surface area contributed by atoms with Gasteiger partial charge in [0.1, 0.15) is 17.5 Å². The summed E-state index contributed by atoms with van der Waals surface area (Å²) < 4.78 is -0.580. The number of carbonyl (C=O) groups excluding carboxylic acids is 2. The molecule has 2 saturated heterocycles. The van der Waals surface area contributed by atoms with Crippen LogP contribution in [0.2, 0.25) is 0 Å². The van der Waals surface area contributed by atoms with Crippen molar-refractivity contribution in [3.8, 4) is 0 Å². The molecule has 2 rings (SSSR count). The lowest BCUT2D eigenvalue weighted by atomic mass is 9.96. The van der Waals surface area contributed by atoms with E-state index < -0.39 is 22.8 Å². The predicted octanol–water partition coefficient (Wildman–Crippen LogP) is 1.49. The van der Waals surface area contributed by atoms with E-state index in [1.54, 1.807) is 20.8 Å². The Kier molecular flexibility index (Phi) is 5.58. The molecule has 2 aliphatic heterocycles. The molecule has 9 heteroatoms. The summed E-state index contributed by atoms with van der Waals surface area (Å²) in [5.74, 6) is -0.712. The van der Waals surface area contributed by atoms with Crippen LogP contribution in [-0.4, -0.2) is 61.5 Å². The van der Waals surface area contributed by atoms with Gasteiger partial charge in [-0.3, -0.25) is 9.59 Å². The third-order valence-corrected chi connectivity index (χ3v) is 6.30. The maximum atomic E-state index is 12.2. The largest absolute Gasteiger partial charge is 0.480 e.